The van der Waals surface area contributed by atoms with Gasteiger partial charge in [0.2, 0.25) is 0 Å². The predicted octanol–water partition coefficient (Wildman–Crippen LogP) is 3.40. The van der Waals surface area contributed by atoms with Gasteiger partial charge in [0.25, 0.3) is 0 Å². The van der Waals surface area contributed by atoms with E-state index in [2.05, 4.69) is 12.2 Å². The van der Waals surface area contributed by atoms with E-state index in [-0.39, 0.29) is 5.82 Å². The molecule has 1 aromatic carbocycles. The maximum Gasteiger partial charge on any atom is 0.125 e. The van der Waals surface area contributed by atoms with Crippen LogP contribution in [0.15, 0.2) is 18.2 Å². The summed E-state index contributed by atoms with van der Waals surface area (Å²) in [6.45, 7) is 3.03. The van der Waals surface area contributed by atoms with Crippen LogP contribution in [0.4, 0.5) is 15.8 Å². The van der Waals surface area contributed by atoms with Gasteiger partial charge in [-0.25, -0.2) is 4.39 Å². The minimum atomic E-state index is -0.250. The summed E-state index contributed by atoms with van der Waals surface area (Å²) in [7, 11) is 0. The van der Waals surface area contributed by atoms with E-state index in [9.17, 15) is 4.39 Å². The van der Waals surface area contributed by atoms with E-state index in [0.717, 1.165) is 13.0 Å². The summed E-state index contributed by atoms with van der Waals surface area (Å²) < 4.78 is 12.9. The molecule has 1 aromatic rings. The Kier molecular flexibility index (Phi) is 4.95. The van der Waals surface area contributed by atoms with Crippen molar-refractivity contribution < 1.29 is 4.39 Å². The van der Waals surface area contributed by atoms with Gasteiger partial charge in [0.1, 0.15) is 5.82 Å². The molecule has 0 radical (unpaired) electrons. The van der Waals surface area contributed by atoms with Crippen LogP contribution in [-0.2, 0) is 0 Å². The normalized spacial score (nSPS) is 10.3. The molecular formula is C12H19FN2. The van der Waals surface area contributed by atoms with E-state index in [0.29, 0.717) is 11.4 Å². The average Bonchev–Trinajstić information content (AvgIpc) is 2.23. The summed E-state index contributed by atoms with van der Waals surface area (Å²) in [5.74, 6) is -0.250. The van der Waals surface area contributed by atoms with Gasteiger partial charge in [-0.3, -0.25) is 0 Å². The van der Waals surface area contributed by atoms with Gasteiger partial charge >= 0.3 is 0 Å². The molecule has 0 heterocycles. The zero-order chi connectivity index (χ0) is 11.1. The smallest absolute Gasteiger partial charge is 0.125 e. The van der Waals surface area contributed by atoms with E-state index in [1.165, 1.54) is 31.4 Å². The lowest BCUT2D eigenvalue weighted by Gasteiger charge is -2.08. The highest BCUT2D eigenvalue weighted by Gasteiger charge is 1.99. The van der Waals surface area contributed by atoms with Crippen molar-refractivity contribution in [1.82, 2.24) is 0 Å². The monoisotopic (exact) mass is 210 g/mol. The van der Waals surface area contributed by atoms with Crippen LogP contribution in [0, 0.1) is 5.82 Å². The highest BCUT2D eigenvalue weighted by molar-refractivity contribution is 5.65. The number of nitrogens with one attached hydrogen (secondary N) is 1. The van der Waals surface area contributed by atoms with E-state index in [1.54, 1.807) is 6.07 Å². The number of rotatable bonds is 6. The fourth-order valence-corrected chi connectivity index (χ4v) is 1.46. The summed E-state index contributed by atoms with van der Waals surface area (Å²) in [4.78, 5) is 0. The molecule has 0 fully saturated rings. The van der Waals surface area contributed by atoms with Crippen molar-refractivity contribution in [3.8, 4) is 0 Å². The lowest BCUT2D eigenvalue weighted by Crippen LogP contribution is -2.04. The third-order valence-corrected chi connectivity index (χ3v) is 2.36. The first kappa shape index (κ1) is 11.8. The van der Waals surface area contributed by atoms with E-state index < -0.39 is 0 Å². The second-order valence-corrected chi connectivity index (χ2v) is 3.72. The summed E-state index contributed by atoms with van der Waals surface area (Å²) in [5.41, 5.74) is 7.01. The molecule has 0 amide bonds. The van der Waals surface area contributed by atoms with Crippen molar-refractivity contribution in [2.75, 3.05) is 17.6 Å². The lowest BCUT2D eigenvalue weighted by molar-refractivity contribution is 0.628. The van der Waals surface area contributed by atoms with Crippen LogP contribution in [0.3, 0.4) is 0 Å². The maximum absolute atomic E-state index is 12.9. The van der Waals surface area contributed by atoms with Crippen LogP contribution in [-0.4, -0.2) is 6.54 Å². The SMILES string of the molecule is CCCCCCNc1cc(F)ccc1N. The van der Waals surface area contributed by atoms with Gasteiger partial charge < -0.3 is 11.1 Å². The highest BCUT2D eigenvalue weighted by atomic mass is 19.1. The molecule has 84 valence electrons. The second kappa shape index (κ2) is 6.27. The topological polar surface area (TPSA) is 38.0 Å². The van der Waals surface area contributed by atoms with Crippen molar-refractivity contribution in [3.05, 3.63) is 24.0 Å². The Morgan fingerprint density at radius 3 is 2.80 bits per heavy atom. The first-order valence-electron chi connectivity index (χ1n) is 5.53. The van der Waals surface area contributed by atoms with Crippen LogP contribution < -0.4 is 11.1 Å². The number of benzene rings is 1. The summed E-state index contributed by atoms with van der Waals surface area (Å²) in [5, 5.41) is 3.15. The molecule has 0 aromatic heterocycles. The fraction of sp³-hybridized carbons (Fsp3) is 0.500. The second-order valence-electron chi connectivity index (χ2n) is 3.72. The Morgan fingerprint density at radius 2 is 2.07 bits per heavy atom. The van der Waals surface area contributed by atoms with Crippen LogP contribution in [0.1, 0.15) is 32.6 Å². The largest absolute Gasteiger partial charge is 0.397 e. The molecule has 0 aliphatic rings. The minimum absolute atomic E-state index is 0.250. The molecule has 0 atom stereocenters. The molecule has 0 spiro atoms. The number of nitrogen functional groups attached to an aromatic ring is 1. The Balaban J connectivity index is 2.33. The molecule has 0 aliphatic carbocycles. The summed E-state index contributed by atoms with van der Waals surface area (Å²) >= 11 is 0. The number of nitrogens with two attached hydrogens (primary N) is 1. The Hall–Kier alpha value is -1.25. The molecule has 0 saturated heterocycles. The molecule has 0 aliphatic heterocycles. The van der Waals surface area contributed by atoms with Crippen LogP contribution in [0.25, 0.3) is 0 Å². The average molecular weight is 210 g/mol. The van der Waals surface area contributed by atoms with Gasteiger partial charge in [0.15, 0.2) is 0 Å². The van der Waals surface area contributed by atoms with Crippen molar-refractivity contribution in [2.45, 2.75) is 32.6 Å². The molecule has 0 unspecified atom stereocenters. The zero-order valence-corrected chi connectivity index (χ0v) is 9.22. The number of halogens is 1. The van der Waals surface area contributed by atoms with Crippen LogP contribution >= 0.6 is 0 Å². The van der Waals surface area contributed by atoms with E-state index >= 15 is 0 Å². The molecule has 0 bridgehead atoms. The number of hydrogen-bond acceptors (Lipinski definition) is 2. The molecule has 15 heavy (non-hydrogen) atoms. The molecule has 3 N–H and O–H groups in total. The first-order valence-corrected chi connectivity index (χ1v) is 5.53. The van der Waals surface area contributed by atoms with Gasteiger partial charge in [-0.05, 0) is 24.6 Å². The summed E-state index contributed by atoms with van der Waals surface area (Å²) in [6, 6.07) is 4.40. The minimum Gasteiger partial charge on any atom is -0.397 e. The zero-order valence-electron chi connectivity index (χ0n) is 9.22. The van der Waals surface area contributed by atoms with Crippen LogP contribution in [0.2, 0.25) is 0 Å². The van der Waals surface area contributed by atoms with Crippen molar-refractivity contribution in [1.29, 1.82) is 0 Å². The molecule has 1 rings (SSSR count). The molecule has 0 saturated carbocycles. The lowest BCUT2D eigenvalue weighted by atomic mass is 10.2. The third kappa shape index (κ3) is 4.19. The first-order chi connectivity index (χ1) is 7.24. The van der Waals surface area contributed by atoms with Gasteiger partial charge in [-0.15, -0.1) is 0 Å². The Labute approximate surface area is 90.7 Å². The van der Waals surface area contributed by atoms with Gasteiger partial charge in [-0.1, -0.05) is 26.2 Å². The van der Waals surface area contributed by atoms with Crippen molar-refractivity contribution in [3.63, 3.8) is 0 Å². The highest BCUT2D eigenvalue weighted by Crippen LogP contribution is 2.19. The van der Waals surface area contributed by atoms with Gasteiger partial charge in [-0.2, -0.15) is 0 Å². The standard InChI is InChI=1S/C12H19FN2/c1-2-3-4-5-8-15-12-9-10(13)6-7-11(12)14/h6-7,9,15H,2-5,8,14H2,1H3. The van der Waals surface area contributed by atoms with Crippen molar-refractivity contribution in [2.24, 2.45) is 0 Å². The van der Waals surface area contributed by atoms with Gasteiger partial charge in [0.05, 0.1) is 11.4 Å². The molecule has 3 heteroatoms. The maximum atomic E-state index is 12.9. The quantitative estimate of drug-likeness (QED) is 0.558. The predicted molar refractivity (Wildman–Crippen MR) is 63.4 cm³/mol. The van der Waals surface area contributed by atoms with E-state index in [1.807, 2.05) is 0 Å². The fourth-order valence-electron chi connectivity index (χ4n) is 1.46. The number of hydrogen-bond donors (Lipinski definition) is 2. The molecule has 2 nitrogen and oxygen atoms in total. The Morgan fingerprint density at radius 1 is 1.27 bits per heavy atom. The summed E-state index contributed by atoms with van der Waals surface area (Å²) in [6.07, 6.45) is 4.78. The number of unbranched alkanes of at least 4 members (excludes halogenated alkanes) is 3. The Bertz CT molecular complexity index is 300. The number of anilines is 2. The van der Waals surface area contributed by atoms with E-state index in [4.69, 9.17) is 5.73 Å². The molecular weight excluding hydrogens is 191 g/mol. The van der Waals surface area contributed by atoms with Crippen molar-refractivity contribution >= 4 is 11.4 Å². The van der Waals surface area contributed by atoms with Gasteiger partial charge in [0, 0.05) is 6.54 Å². The third-order valence-electron chi connectivity index (χ3n) is 2.36. The van der Waals surface area contributed by atoms with Crippen LogP contribution in [0.5, 0.6) is 0 Å².